The van der Waals surface area contributed by atoms with E-state index in [4.69, 9.17) is 0 Å². The first-order valence-corrected chi connectivity index (χ1v) is 8.87. The van der Waals surface area contributed by atoms with Gasteiger partial charge in [-0.1, -0.05) is 0 Å². The molecule has 1 unspecified atom stereocenters. The summed E-state index contributed by atoms with van der Waals surface area (Å²) in [5.74, 6) is -0.628. The van der Waals surface area contributed by atoms with E-state index < -0.39 is 34.9 Å². The van der Waals surface area contributed by atoms with Crippen molar-refractivity contribution in [2.45, 2.75) is 51.0 Å². The number of pyridine rings is 1. The number of nitrogens with zero attached hydrogens (tertiary/aromatic N) is 2. The maximum absolute atomic E-state index is 14.1. The second-order valence-corrected chi connectivity index (χ2v) is 7.45. The number of likely N-dealkylation sites (tertiary alicyclic amines) is 1. The zero-order valence-corrected chi connectivity index (χ0v) is 15.7. The molecular weight excluding hydrogens is 366 g/mol. The number of rotatable bonds is 7. The van der Waals surface area contributed by atoms with Gasteiger partial charge in [-0.3, -0.25) is 9.59 Å². The Morgan fingerprint density at radius 1 is 1.26 bits per heavy atom. The van der Waals surface area contributed by atoms with Crippen LogP contribution in [0.15, 0.2) is 17.1 Å². The Morgan fingerprint density at radius 2 is 1.89 bits per heavy atom. The number of amides is 1. The number of aromatic nitrogens is 1. The third kappa shape index (κ3) is 5.54. The summed E-state index contributed by atoms with van der Waals surface area (Å²) in [5, 5.41) is 2.35. The molecule has 0 aromatic carbocycles. The average Bonchev–Trinajstić information content (AvgIpc) is 2.49. The third-order valence-corrected chi connectivity index (χ3v) is 4.68. The lowest BCUT2D eigenvalue weighted by atomic mass is 9.98. The Morgan fingerprint density at radius 3 is 2.33 bits per heavy atom. The van der Waals surface area contributed by atoms with Gasteiger partial charge in [0, 0.05) is 32.3 Å². The van der Waals surface area contributed by atoms with Crippen LogP contribution in [0.1, 0.15) is 43.9 Å². The van der Waals surface area contributed by atoms with Crippen LogP contribution in [0.25, 0.3) is 0 Å². The molecule has 0 radical (unpaired) electrons. The molecule has 1 aromatic rings. The van der Waals surface area contributed by atoms with Gasteiger partial charge in [0.2, 0.25) is 5.91 Å². The van der Waals surface area contributed by atoms with E-state index in [1.807, 2.05) is 4.90 Å². The number of carbonyl (C=O) groups excluding carboxylic acids is 1. The largest absolute Gasteiger partial charge is 0.416 e. The quantitative estimate of drug-likeness (QED) is 0.727. The Bertz CT molecular complexity index is 734. The number of likely N-dealkylation sites (N-methyl/N-ethyl adjacent to an activating group) is 1. The molecule has 1 N–H and O–H groups in total. The Labute approximate surface area is 155 Å². The molecule has 1 aliphatic heterocycles. The summed E-state index contributed by atoms with van der Waals surface area (Å²) >= 11 is 0. The molecule has 1 fully saturated rings. The summed E-state index contributed by atoms with van der Waals surface area (Å²) in [6.07, 6.45) is -2.84. The molecule has 9 heteroatoms. The van der Waals surface area contributed by atoms with Gasteiger partial charge in [-0.05, 0) is 45.3 Å². The molecule has 1 aromatic heterocycles. The summed E-state index contributed by atoms with van der Waals surface area (Å²) in [7, 11) is 1.33. The predicted octanol–water partition coefficient (Wildman–Crippen LogP) is 2.54. The molecule has 5 nitrogen and oxygen atoms in total. The second-order valence-electron chi connectivity index (χ2n) is 7.45. The van der Waals surface area contributed by atoms with Crippen molar-refractivity contribution in [3.05, 3.63) is 33.7 Å². The normalized spacial score (nSPS) is 16.7. The van der Waals surface area contributed by atoms with Crippen LogP contribution < -0.4 is 10.9 Å². The zero-order valence-electron chi connectivity index (χ0n) is 15.7. The third-order valence-electron chi connectivity index (χ3n) is 4.68. The summed E-state index contributed by atoms with van der Waals surface area (Å²) in [6.45, 7) is 4.60. The number of hydrogen-bond donors (Lipinski definition) is 1. The first-order chi connectivity index (χ1) is 12.4. The Hall–Kier alpha value is -1.90. The van der Waals surface area contributed by atoms with E-state index in [2.05, 4.69) is 5.32 Å². The van der Waals surface area contributed by atoms with Crippen molar-refractivity contribution in [3.8, 4) is 0 Å². The van der Waals surface area contributed by atoms with Crippen molar-refractivity contribution in [3.63, 3.8) is 0 Å². The minimum atomic E-state index is -4.68. The minimum Gasteiger partial charge on any atom is -0.357 e. The second kappa shape index (κ2) is 8.00. The van der Waals surface area contributed by atoms with E-state index in [0.717, 1.165) is 30.3 Å². The Kier molecular flexibility index (Phi) is 6.34. The molecule has 1 amide bonds. The van der Waals surface area contributed by atoms with E-state index in [9.17, 15) is 27.2 Å². The van der Waals surface area contributed by atoms with Crippen LogP contribution in [0.2, 0.25) is 0 Å². The minimum absolute atomic E-state index is 0.0698. The van der Waals surface area contributed by atoms with Gasteiger partial charge in [0.05, 0.1) is 5.56 Å². The van der Waals surface area contributed by atoms with Crippen molar-refractivity contribution < 1.29 is 22.4 Å². The molecule has 2 rings (SSSR count). The lowest BCUT2D eigenvalue weighted by Crippen LogP contribution is -2.40. The van der Waals surface area contributed by atoms with Crippen molar-refractivity contribution in [1.82, 2.24) is 14.8 Å². The van der Waals surface area contributed by atoms with E-state index in [-0.39, 0.29) is 18.4 Å². The van der Waals surface area contributed by atoms with Crippen molar-refractivity contribution in [2.24, 2.45) is 0 Å². The number of halogens is 4. The summed E-state index contributed by atoms with van der Waals surface area (Å²) in [5.41, 5.74) is -3.83. The van der Waals surface area contributed by atoms with Crippen LogP contribution in [0.3, 0.4) is 0 Å². The standard InChI is InChI=1S/C18H25F4N3O2/c1-17(2,19)10-14(16(27)23-3)25-11-12(5-8-24-6-4-7-24)13(9-15(25)26)18(20,21)22/h9,11,14H,4-8,10H2,1-3H3,(H,23,27). The van der Waals surface area contributed by atoms with Gasteiger partial charge < -0.3 is 14.8 Å². The van der Waals surface area contributed by atoms with Crippen molar-refractivity contribution >= 4 is 5.91 Å². The number of carbonyl (C=O) groups is 1. The van der Waals surface area contributed by atoms with Gasteiger partial charge >= 0.3 is 6.18 Å². The number of hydrogen-bond acceptors (Lipinski definition) is 3. The van der Waals surface area contributed by atoms with Gasteiger partial charge in [0.1, 0.15) is 11.7 Å². The Balaban J connectivity index is 2.47. The fourth-order valence-electron chi connectivity index (χ4n) is 3.13. The highest BCUT2D eigenvalue weighted by molar-refractivity contribution is 5.80. The number of nitrogens with one attached hydrogen (secondary N) is 1. The van der Waals surface area contributed by atoms with Crippen molar-refractivity contribution in [1.29, 1.82) is 0 Å². The fourth-order valence-corrected chi connectivity index (χ4v) is 3.13. The van der Waals surface area contributed by atoms with Gasteiger partial charge in [0.25, 0.3) is 5.56 Å². The van der Waals surface area contributed by atoms with E-state index >= 15 is 0 Å². The predicted molar refractivity (Wildman–Crippen MR) is 93.4 cm³/mol. The molecule has 152 valence electrons. The topological polar surface area (TPSA) is 54.3 Å². The summed E-state index contributed by atoms with van der Waals surface area (Å²) in [6, 6.07) is -0.723. The average molecular weight is 391 g/mol. The molecule has 1 saturated heterocycles. The summed E-state index contributed by atoms with van der Waals surface area (Å²) < 4.78 is 55.2. The van der Waals surface area contributed by atoms with Crippen LogP contribution in [0.5, 0.6) is 0 Å². The molecule has 0 spiro atoms. The smallest absolute Gasteiger partial charge is 0.357 e. The molecular formula is C18H25F4N3O2. The highest BCUT2D eigenvalue weighted by atomic mass is 19.4. The monoisotopic (exact) mass is 391 g/mol. The van der Waals surface area contributed by atoms with Crippen LogP contribution >= 0.6 is 0 Å². The first kappa shape index (κ1) is 21.4. The maximum Gasteiger partial charge on any atom is 0.416 e. The van der Waals surface area contributed by atoms with Crippen molar-refractivity contribution in [2.75, 3.05) is 26.7 Å². The highest BCUT2D eigenvalue weighted by Crippen LogP contribution is 2.32. The molecule has 0 aliphatic carbocycles. The first-order valence-electron chi connectivity index (χ1n) is 8.87. The lowest BCUT2D eigenvalue weighted by Gasteiger charge is -2.31. The molecule has 1 aliphatic rings. The molecule has 1 atom stereocenters. The van der Waals surface area contributed by atoms with Gasteiger partial charge in [-0.25, -0.2) is 4.39 Å². The van der Waals surface area contributed by atoms with Gasteiger partial charge in [-0.2, -0.15) is 13.2 Å². The highest BCUT2D eigenvalue weighted by Gasteiger charge is 2.36. The van der Waals surface area contributed by atoms with Gasteiger partial charge in [-0.15, -0.1) is 0 Å². The molecule has 0 saturated carbocycles. The fraction of sp³-hybridized carbons (Fsp3) is 0.667. The number of alkyl halides is 4. The molecule has 0 bridgehead atoms. The van der Waals surface area contributed by atoms with Crippen LogP contribution in [0, 0.1) is 0 Å². The van der Waals surface area contributed by atoms with Crippen LogP contribution in [0.4, 0.5) is 17.6 Å². The SMILES string of the molecule is CNC(=O)C(CC(C)(C)F)n1cc(CCN2CCC2)c(C(F)(F)F)cc1=O. The molecule has 27 heavy (non-hydrogen) atoms. The summed E-state index contributed by atoms with van der Waals surface area (Å²) in [4.78, 5) is 26.5. The van der Waals surface area contributed by atoms with Crippen LogP contribution in [-0.2, 0) is 17.4 Å². The van der Waals surface area contributed by atoms with Gasteiger partial charge in [0.15, 0.2) is 0 Å². The van der Waals surface area contributed by atoms with E-state index in [1.165, 1.54) is 20.9 Å². The lowest BCUT2D eigenvalue weighted by molar-refractivity contribution is -0.138. The van der Waals surface area contributed by atoms with E-state index in [0.29, 0.717) is 12.6 Å². The zero-order chi connectivity index (χ0) is 20.4. The van der Waals surface area contributed by atoms with E-state index in [1.54, 1.807) is 0 Å². The maximum atomic E-state index is 14.1. The molecule has 2 heterocycles. The van der Waals surface area contributed by atoms with Crippen LogP contribution in [-0.4, -0.2) is 47.7 Å².